The highest BCUT2D eigenvalue weighted by molar-refractivity contribution is 7.89. The lowest BCUT2D eigenvalue weighted by molar-refractivity contribution is 0.136. The van der Waals surface area contributed by atoms with Gasteiger partial charge in [-0.15, -0.1) is 0 Å². The van der Waals surface area contributed by atoms with E-state index in [2.05, 4.69) is 0 Å². The molecule has 33 heavy (non-hydrogen) atoms. The van der Waals surface area contributed by atoms with Gasteiger partial charge in [-0.05, 0) is 42.5 Å². The maximum atomic E-state index is 15.3. The number of likely N-dealkylation sites (tertiary alicyclic amines) is 1. The molecule has 1 amide bonds. The summed E-state index contributed by atoms with van der Waals surface area (Å²) in [6.07, 6.45) is -0.875. The smallest absolute Gasteiger partial charge is 0.407 e. The van der Waals surface area contributed by atoms with E-state index in [1.54, 1.807) is 0 Å². The number of sulfonamides is 1. The van der Waals surface area contributed by atoms with Gasteiger partial charge in [0.05, 0.1) is 12.1 Å². The molecule has 1 aliphatic heterocycles. The molecule has 2 N–H and O–H groups in total. The quantitative estimate of drug-likeness (QED) is 0.601. The molecule has 2 aromatic rings. The molecule has 0 aromatic heterocycles. The third-order valence-electron chi connectivity index (χ3n) is 6.28. The van der Waals surface area contributed by atoms with Crippen molar-refractivity contribution in [3.8, 4) is 11.1 Å². The van der Waals surface area contributed by atoms with Crippen molar-refractivity contribution < 1.29 is 40.3 Å². The Hall–Kier alpha value is -2.73. The molecule has 0 bridgehead atoms. The average Bonchev–Trinajstić information content (AvgIpc) is 3.43. The third kappa shape index (κ3) is 4.41. The van der Waals surface area contributed by atoms with Crippen molar-refractivity contribution in [2.24, 2.45) is 5.41 Å². The Bertz CT molecular complexity index is 1180. The lowest BCUT2D eigenvalue weighted by atomic mass is 9.91. The van der Waals surface area contributed by atoms with Gasteiger partial charge in [0.15, 0.2) is 0 Å². The maximum Gasteiger partial charge on any atom is 0.407 e. The zero-order chi connectivity index (χ0) is 24.1. The Morgan fingerprint density at radius 1 is 1.15 bits per heavy atom. The Morgan fingerprint density at radius 2 is 1.79 bits per heavy atom. The molecule has 6 nitrogen and oxygen atoms in total. The average molecular weight is 490 g/mol. The van der Waals surface area contributed by atoms with Crippen LogP contribution in [0, 0.1) is 22.9 Å². The molecule has 2 aromatic carbocycles. The standard InChI is InChI=1S/C21H19F5N2O4S/c22-13-6-12(7-14(23)9-13)15-3-1-2-11(17(15)24)8-16-18(27-33(31,32)19(25)26)21(4-5-21)10-28(16)20(29)30/h1-3,6-7,9,16,18-19,27H,4-5,8,10H2,(H,29,30)/t16-,18+/m0/s1. The summed E-state index contributed by atoms with van der Waals surface area (Å²) in [7, 11) is -5.04. The Morgan fingerprint density at radius 3 is 2.33 bits per heavy atom. The van der Waals surface area contributed by atoms with Crippen molar-refractivity contribution in [1.82, 2.24) is 9.62 Å². The van der Waals surface area contributed by atoms with Gasteiger partial charge in [-0.1, -0.05) is 18.2 Å². The summed E-state index contributed by atoms with van der Waals surface area (Å²) in [5.74, 6) is -6.42. The fraction of sp³-hybridized carbons (Fsp3) is 0.381. The van der Waals surface area contributed by atoms with Crippen LogP contribution in [0.25, 0.3) is 11.1 Å². The minimum absolute atomic E-state index is 0.0487. The van der Waals surface area contributed by atoms with E-state index in [0.717, 1.165) is 17.0 Å². The second-order valence-electron chi connectivity index (χ2n) is 8.38. The first-order chi connectivity index (χ1) is 15.4. The van der Waals surface area contributed by atoms with Crippen LogP contribution in [0.15, 0.2) is 36.4 Å². The number of rotatable bonds is 6. The molecule has 1 aliphatic carbocycles. The predicted octanol–water partition coefficient (Wildman–Crippen LogP) is 3.97. The highest BCUT2D eigenvalue weighted by atomic mass is 32.2. The zero-order valence-electron chi connectivity index (χ0n) is 16.9. The monoisotopic (exact) mass is 490 g/mol. The lowest BCUT2D eigenvalue weighted by Crippen LogP contribution is -2.50. The van der Waals surface area contributed by atoms with E-state index in [9.17, 15) is 35.9 Å². The molecular formula is C21H19F5N2O4S. The number of amides is 1. The lowest BCUT2D eigenvalue weighted by Gasteiger charge is -2.28. The largest absolute Gasteiger partial charge is 0.465 e. The van der Waals surface area contributed by atoms with Crippen LogP contribution >= 0.6 is 0 Å². The molecule has 2 aliphatic rings. The van der Waals surface area contributed by atoms with E-state index < -0.39 is 56.8 Å². The minimum atomic E-state index is -5.04. The number of halogens is 5. The van der Waals surface area contributed by atoms with Crippen LogP contribution in [0.5, 0.6) is 0 Å². The topological polar surface area (TPSA) is 86.7 Å². The van der Waals surface area contributed by atoms with E-state index in [0.29, 0.717) is 18.9 Å². The van der Waals surface area contributed by atoms with Gasteiger partial charge in [0.1, 0.15) is 17.5 Å². The minimum Gasteiger partial charge on any atom is -0.465 e. The molecule has 2 atom stereocenters. The van der Waals surface area contributed by atoms with Gasteiger partial charge < -0.3 is 10.0 Å². The summed E-state index contributed by atoms with van der Waals surface area (Å²) < 4.78 is 94.3. The predicted molar refractivity (Wildman–Crippen MR) is 107 cm³/mol. The molecule has 4 rings (SSSR count). The van der Waals surface area contributed by atoms with Crippen molar-refractivity contribution in [2.75, 3.05) is 6.54 Å². The van der Waals surface area contributed by atoms with Crippen LogP contribution in [0.2, 0.25) is 0 Å². The van der Waals surface area contributed by atoms with E-state index in [-0.39, 0.29) is 29.7 Å². The molecule has 1 saturated heterocycles. The third-order valence-corrected chi connectivity index (χ3v) is 7.33. The van der Waals surface area contributed by atoms with E-state index in [1.807, 2.05) is 4.72 Å². The highest BCUT2D eigenvalue weighted by Gasteiger charge is 2.62. The molecule has 178 valence electrons. The molecule has 2 fully saturated rings. The normalized spacial score (nSPS) is 21.7. The number of benzene rings is 2. The van der Waals surface area contributed by atoms with Crippen molar-refractivity contribution in [1.29, 1.82) is 0 Å². The first kappa shape index (κ1) is 23.4. The van der Waals surface area contributed by atoms with Gasteiger partial charge in [-0.25, -0.2) is 31.1 Å². The van der Waals surface area contributed by atoms with Crippen LogP contribution in [-0.2, 0) is 16.4 Å². The van der Waals surface area contributed by atoms with Crippen molar-refractivity contribution >= 4 is 16.1 Å². The Kier molecular flexibility index (Phi) is 5.85. The van der Waals surface area contributed by atoms with Crippen LogP contribution in [0.1, 0.15) is 18.4 Å². The molecule has 1 heterocycles. The summed E-state index contributed by atoms with van der Waals surface area (Å²) in [5.41, 5.74) is -1.11. The summed E-state index contributed by atoms with van der Waals surface area (Å²) in [6, 6.07) is 4.17. The molecule has 1 saturated carbocycles. The van der Waals surface area contributed by atoms with Crippen LogP contribution in [-0.4, -0.2) is 48.9 Å². The van der Waals surface area contributed by atoms with Gasteiger partial charge in [0.2, 0.25) is 0 Å². The molecule has 0 unspecified atom stereocenters. The van der Waals surface area contributed by atoms with Crippen LogP contribution in [0.4, 0.5) is 26.7 Å². The first-order valence-electron chi connectivity index (χ1n) is 9.96. The molecule has 12 heteroatoms. The number of hydrogen-bond acceptors (Lipinski definition) is 3. The van der Waals surface area contributed by atoms with E-state index in [1.165, 1.54) is 18.2 Å². The number of nitrogens with one attached hydrogen (secondary N) is 1. The summed E-state index contributed by atoms with van der Waals surface area (Å²) in [6.45, 7) is -0.0835. The number of hydrogen-bond donors (Lipinski definition) is 2. The van der Waals surface area contributed by atoms with Gasteiger partial charge in [-0.3, -0.25) is 0 Å². The van der Waals surface area contributed by atoms with Gasteiger partial charge in [0.25, 0.3) is 10.0 Å². The molecule has 1 spiro atoms. The number of alkyl halides is 2. The van der Waals surface area contributed by atoms with Crippen molar-refractivity contribution in [2.45, 2.75) is 37.1 Å². The number of carbonyl (C=O) groups is 1. The van der Waals surface area contributed by atoms with Crippen LogP contribution in [0.3, 0.4) is 0 Å². The molecular weight excluding hydrogens is 471 g/mol. The number of nitrogens with zero attached hydrogens (tertiary/aromatic N) is 1. The highest BCUT2D eigenvalue weighted by Crippen LogP contribution is 2.55. The Balaban J connectivity index is 1.72. The van der Waals surface area contributed by atoms with E-state index >= 15 is 4.39 Å². The number of carboxylic acid groups (broad SMARTS) is 1. The summed E-state index contributed by atoms with van der Waals surface area (Å²) in [5, 5.41) is 9.63. The van der Waals surface area contributed by atoms with Crippen LogP contribution < -0.4 is 4.72 Å². The molecule has 0 radical (unpaired) electrons. The second kappa shape index (κ2) is 8.24. The summed E-state index contributed by atoms with van der Waals surface area (Å²) in [4.78, 5) is 12.8. The Labute approximate surface area is 186 Å². The van der Waals surface area contributed by atoms with Crippen molar-refractivity contribution in [3.05, 3.63) is 59.4 Å². The van der Waals surface area contributed by atoms with Gasteiger partial charge in [-0.2, -0.15) is 8.78 Å². The zero-order valence-corrected chi connectivity index (χ0v) is 17.8. The maximum absolute atomic E-state index is 15.3. The SMILES string of the molecule is O=C(O)N1CC2(CC2)[C@H](NS(=O)(=O)C(F)F)[C@@H]1Cc1cccc(-c2cc(F)cc(F)c2)c1F. The second-order valence-corrected chi connectivity index (χ2v) is 10.1. The van der Waals surface area contributed by atoms with Gasteiger partial charge in [0, 0.05) is 23.6 Å². The van der Waals surface area contributed by atoms with E-state index in [4.69, 9.17) is 0 Å². The van der Waals surface area contributed by atoms with Gasteiger partial charge >= 0.3 is 11.9 Å². The van der Waals surface area contributed by atoms with Crippen molar-refractivity contribution in [3.63, 3.8) is 0 Å². The fourth-order valence-corrected chi connectivity index (χ4v) is 5.40. The first-order valence-corrected chi connectivity index (χ1v) is 11.5. The fourth-order valence-electron chi connectivity index (χ4n) is 4.54. The summed E-state index contributed by atoms with van der Waals surface area (Å²) >= 11 is 0.